The van der Waals surface area contributed by atoms with E-state index >= 15 is 0 Å². The van der Waals surface area contributed by atoms with E-state index in [1.807, 2.05) is 24.3 Å². The highest BCUT2D eigenvalue weighted by molar-refractivity contribution is 5.26. The summed E-state index contributed by atoms with van der Waals surface area (Å²) in [6.45, 7) is 3.64. The first-order valence-corrected chi connectivity index (χ1v) is 5.93. The topological polar surface area (TPSA) is 43.5 Å². The van der Waals surface area contributed by atoms with Crippen molar-refractivity contribution in [2.75, 3.05) is 26.4 Å². The third-order valence-electron chi connectivity index (χ3n) is 2.74. The molecule has 0 radical (unpaired) electrons. The second-order valence-corrected chi connectivity index (χ2v) is 4.38. The van der Waals surface area contributed by atoms with Gasteiger partial charge < -0.3 is 18.9 Å². The van der Waals surface area contributed by atoms with Crippen molar-refractivity contribution in [3.8, 4) is 5.75 Å². The van der Waals surface area contributed by atoms with Crippen molar-refractivity contribution in [1.29, 1.82) is 0 Å². The molecule has 0 amide bonds. The molecule has 0 aliphatic carbocycles. The Morgan fingerprint density at radius 3 is 2.29 bits per heavy atom. The van der Waals surface area contributed by atoms with Crippen molar-refractivity contribution in [1.82, 2.24) is 0 Å². The van der Waals surface area contributed by atoms with E-state index in [4.69, 9.17) is 18.9 Å². The minimum absolute atomic E-state index is 0.302. The van der Waals surface area contributed by atoms with Gasteiger partial charge in [-0.05, 0) is 17.7 Å². The molecule has 0 saturated carbocycles. The summed E-state index contributed by atoms with van der Waals surface area (Å²) in [6.07, 6.45) is 0.632. The fourth-order valence-electron chi connectivity index (χ4n) is 1.51. The Morgan fingerprint density at radius 1 is 1.00 bits per heavy atom. The highest BCUT2D eigenvalue weighted by Crippen LogP contribution is 2.16. The van der Waals surface area contributed by atoms with E-state index in [0.29, 0.717) is 32.0 Å². The van der Waals surface area contributed by atoms with E-state index in [1.165, 1.54) is 0 Å². The second kappa shape index (κ2) is 5.04. The molecular weight excluding hydrogens is 220 g/mol. The van der Waals surface area contributed by atoms with Crippen LogP contribution in [0.15, 0.2) is 24.3 Å². The van der Waals surface area contributed by atoms with E-state index in [0.717, 1.165) is 24.5 Å². The molecule has 0 N–H and O–H groups in total. The first-order valence-electron chi connectivity index (χ1n) is 5.93. The van der Waals surface area contributed by atoms with Gasteiger partial charge in [-0.1, -0.05) is 12.1 Å². The predicted octanol–water partition coefficient (Wildman–Crippen LogP) is 1.38. The average Bonchev–Trinajstić information content (AvgIpc) is 3.23. The molecule has 2 aliphatic heterocycles. The Bertz CT molecular complexity index is 354. The van der Waals surface area contributed by atoms with Gasteiger partial charge in [0.1, 0.15) is 24.6 Å². The third-order valence-corrected chi connectivity index (χ3v) is 2.74. The van der Waals surface area contributed by atoms with Crippen molar-refractivity contribution in [2.45, 2.75) is 18.8 Å². The van der Waals surface area contributed by atoms with Crippen LogP contribution in [0.3, 0.4) is 0 Å². The van der Waals surface area contributed by atoms with Crippen molar-refractivity contribution in [3.63, 3.8) is 0 Å². The maximum Gasteiger partial charge on any atom is 0.119 e. The van der Waals surface area contributed by atoms with Crippen LogP contribution in [-0.2, 0) is 20.8 Å². The summed E-state index contributed by atoms with van der Waals surface area (Å²) in [5, 5.41) is 0. The summed E-state index contributed by atoms with van der Waals surface area (Å²) in [6, 6.07) is 7.98. The molecule has 2 saturated heterocycles. The molecular formula is C13H16O4. The molecule has 2 fully saturated rings. The zero-order chi connectivity index (χ0) is 11.5. The molecule has 0 aromatic heterocycles. The third kappa shape index (κ3) is 3.70. The van der Waals surface area contributed by atoms with Crippen molar-refractivity contribution in [2.24, 2.45) is 0 Å². The van der Waals surface area contributed by atoms with Gasteiger partial charge in [0.25, 0.3) is 0 Å². The zero-order valence-electron chi connectivity index (χ0n) is 9.63. The van der Waals surface area contributed by atoms with Crippen LogP contribution < -0.4 is 4.74 Å². The van der Waals surface area contributed by atoms with Gasteiger partial charge in [-0.3, -0.25) is 0 Å². The first-order chi connectivity index (χ1) is 8.40. The molecule has 0 bridgehead atoms. The standard InChI is InChI=1S/C13H16O4/c1-3-11(15-8-13-9-17-13)4-2-10(1)5-14-6-12-7-16-12/h1-4,12-13H,5-9H2. The molecule has 2 unspecified atom stereocenters. The number of rotatable bonds is 7. The normalized spacial score (nSPS) is 25.6. The van der Waals surface area contributed by atoms with E-state index in [9.17, 15) is 0 Å². The molecule has 92 valence electrons. The molecule has 4 nitrogen and oxygen atoms in total. The van der Waals surface area contributed by atoms with Crippen LogP contribution in [0.5, 0.6) is 5.75 Å². The van der Waals surface area contributed by atoms with E-state index in [2.05, 4.69) is 0 Å². The SMILES string of the molecule is c1cc(OCC2CO2)ccc1COCC1CO1. The number of epoxide rings is 2. The van der Waals surface area contributed by atoms with Crippen LogP contribution in [0, 0.1) is 0 Å². The summed E-state index contributed by atoms with van der Waals surface area (Å²) in [4.78, 5) is 0. The van der Waals surface area contributed by atoms with Gasteiger partial charge in [-0.15, -0.1) is 0 Å². The van der Waals surface area contributed by atoms with Crippen molar-refractivity contribution >= 4 is 0 Å². The van der Waals surface area contributed by atoms with Gasteiger partial charge in [-0.2, -0.15) is 0 Å². The highest BCUT2D eigenvalue weighted by Gasteiger charge is 2.23. The summed E-state index contributed by atoms with van der Waals surface area (Å²) in [7, 11) is 0. The van der Waals surface area contributed by atoms with Crippen molar-refractivity contribution in [3.05, 3.63) is 29.8 Å². The zero-order valence-corrected chi connectivity index (χ0v) is 9.63. The Morgan fingerprint density at radius 2 is 1.65 bits per heavy atom. The minimum Gasteiger partial charge on any atom is -0.491 e. The molecule has 2 atom stereocenters. The van der Waals surface area contributed by atoms with E-state index < -0.39 is 0 Å². The van der Waals surface area contributed by atoms with Crippen molar-refractivity contribution < 1.29 is 18.9 Å². The quantitative estimate of drug-likeness (QED) is 0.671. The summed E-state index contributed by atoms with van der Waals surface area (Å²) in [5.41, 5.74) is 1.15. The lowest BCUT2D eigenvalue weighted by atomic mass is 10.2. The van der Waals surface area contributed by atoms with Crippen LogP contribution in [0.25, 0.3) is 0 Å². The number of hydrogen-bond acceptors (Lipinski definition) is 4. The molecule has 4 heteroatoms. The van der Waals surface area contributed by atoms with Crippen LogP contribution in [0.1, 0.15) is 5.56 Å². The molecule has 2 heterocycles. The molecule has 2 aliphatic rings. The molecule has 1 aromatic carbocycles. The Labute approximate surface area is 100 Å². The Balaban J connectivity index is 1.41. The maximum atomic E-state index is 5.55. The van der Waals surface area contributed by atoms with Gasteiger partial charge in [0.05, 0.1) is 26.4 Å². The lowest BCUT2D eigenvalue weighted by molar-refractivity contribution is 0.104. The number of hydrogen-bond donors (Lipinski definition) is 0. The Kier molecular flexibility index (Phi) is 3.27. The van der Waals surface area contributed by atoms with Gasteiger partial charge in [-0.25, -0.2) is 0 Å². The predicted molar refractivity (Wildman–Crippen MR) is 61.1 cm³/mol. The van der Waals surface area contributed by atoms with Gasteiger partial charge in [0.15, 0.2) is 0 Å². The number of benzene rings is 1. The lowest BCUT2D eigenvalue weighted by Crippen LogP contribution is -2.04. The fourth-order valence-corrected chi connectivity index (χ4v) is 1.51. The minimum atomic E-state index is 0.302. The van der Waals surface area contributed by atoms with Gasteiger partial charge in [0, 0.05) is 0 Å². The van der Waals surface area contributed by atoms with Crippen LogP contribution in [0.4, 0.5) is 0 Å². The second-order valence-electron chi connectivity index (χ2n) is 4.38. The first kappa shape index (κ1) is 11.0. The largest absolute Gasteiger partial charge is 0.491 e. The molecule has 1 aromatic rings. The van der Waals surface area contributed by atoms with Gasteiger partial charge in [0.2, 0.25) is 0 Å². The van der Waals surface area contributed by atoms with Crippen LogP contribution in [0.2, 0.25) is 0 Å². The van der Waals surface area contributed by atoms with E-state index in [1.54, 1.807) is 0 Å². The monoisotopic (exact) mass is 236 g/mol. The van der Waals surface area contributed by atoms with Crippen LogP contribution >= 0.6 is 0 Å². The molecule has 3 rings (SSSR count). The summed E-state index contributed by atoms with van der Waals surface area (Å²) < 4.78 is 21.2. The van der Waals surface area contributed by atoms with E-state index in [-0.39, 0.29) is 0 Å². The van der Waals surface area contributed by atoms with Crippen LogP contribution in [-0.4, -0.2) is 38.6 Å². The maximum absolute atomic E-state index is 5.55. The highest BCUT2D eigenvalue weighted by atomic mass is 16.6. The Hall–Kier alpha value is -1.10. The summed E-state index contributed by atoms with van der Waals surface area (Å²) in [5.74, 6) is 0.884. The van der Waals surface area contributed by atoms with Gasteiger partial charge >= 0.3 is 0 Å². The summed E-state index contributed by atoms with van der Waals surface area (Å²) >= 11 is 0. The lowest BCUT2D eigenvalue weighted by Gasteiger charge is -2.06. The molecule has 0 spiro atoms. The molecule has 17 heavy (non-hydrogen) atoms. The smallest absolute Gasteiger partial charge is 0.119 e. The number of ether oxygens (including phenoxy) is 4. The average molecular weight is 236 g/mol. The fraction of sp³-hybridized carbons (Fsp3) is 0.538.